The second kappa shape index (κ2) is 37.3. The van der Waals surface area contributed by atoms with Crippen molar-refractivity contribution in [2.75, 3.05) is 48.5 Å². The van der Waals surface area contributed by atoms with Crippen LogP contribution < -0.4 is 21.7 Å². The summed E-state index contributed by atoms with van der Waals surface area (Å²) in [4.78, 5) is 127. The summed E-state index contributed by atoms with van der Waals surface area (Å²) in [5.74, 6) is -4.31. The fraction of sp³-hybridized carbons (Fsp3) is 0.614. The Morgan fingerprint density at radius 1 is 0.678 bits per heavy atom. The molecule has 0 bridgehead atoms. The van der Waals surface area contributed by atoms with Gasteiger partial charge >= 0.3 is 18.0 Å². The molecule has 0 radical (unpaired) electrons. The molecule has 11 atom stereocenters. The molecule has 3 aromatic rings. The Bertz CT molecular complexity index is 2810. The van der Waals surface area contributed by atoms with Gasteiger partial charge in [-0.1, -0.05) is 155 Å². The van der Waals surface area contributed by atoms with Crippen molar-refractivity contribution < 1.29 is 62.1 Å². The van der Waals surface area contributed by atoms with Crippen molar-refractivity contribution in [3.8, 4) is 0 Å². The van der Waals surface area contributed by atoms with Gasteiger partial charge in [0.15, 0.2) is 11.6 Å². The molecular weight excluding hydrogens is 1150 g/mol. The Labute approximate surface area is 535 Å². The van der Waals surface area contributed by atoms with Gasteiger partial charge in [0.05, 0.1) is 62.2 Å². The fourth-order valence-electron chi connectivity index (χ4n) is 12.2. The standard InChI is InChI=1S/C70H105N7O13/c1-16-46(8)64(60(87-13)40-61(80)77-34-22-28-57(77)65(88-14)48(10)67(83)74-56(69(85)89-15)36-49-23-18-17-19-24-49)76(12)68(84)54(44(4)5)39-59(79)63(45(6)7)75(11)41-53-26-20-25-52(35-53)38-62(81)90-42-51-31-29-50(30-32-51)37-58(78)55(27-21-33-72-70(71)86)73-66(82)47(9)43(2)3/h17-20,23-26,29-32,35,43-48,54-57,60,63-65H,16,21-22,27-28,33-34,36-42H2,1-15H3,(H,73,82)(H,74,83)(H3,71,72,86)/t46-,47-,48+,54-,55-,56-,57-,60+,63-,64-,65+/m0/s1. The van der Waals surface area contributed by atoms with E-state index in [1.54, 1.807) is 55.1 Å². The van der Waals surface area contributed by atoms with E-state index >= 15 is 0 Å². The summed E-state index contributed by atoms with van der Waals surface area (Å²) in [5, 5.41) is 8.30. The number of likely N-dealkylation sites (tertiary alicyclic amines) is 1. The second-order valence-electron chi connectivity index (χ2n) is 25.6. The van der Waals surface area contributed by atoms with Crippen molar-refractivity contribution in [3.05, 3.63) is 107 Å². The number of hydrogen-bond donors (Lipinski definition) is 4. The molecule has 6 amide bonds. The number of ether oxygens (including phenoxy) is 4. The van der Waals surface area contributed by atoms with Crippen LogP contribution in [0.4, 0.5) is 4.79 Å². The number of nitrogens with zero attached hydrogens (tertiary/aromatic N) is 3. The number of benzene rings is 3. The van der Waals surface area contributed by atoms with E-state index in [1.165, 1.54) is 14.2 Å². The highest BCUT2D eigenvalue weighted by Gasteiger charge is 2.44. The summed E-state index contributed by atoms with van der Waals surface area (Å²) in [6.07, 6.45) is 1.62. The molecule has 20 nitrogen and oxygen atoms in total. The van der Waals surface area contributed by atoms with Crippen LogP contribution in [0.1, 0.15) is 142 Å². The largest absolute Gasteiger partial charge is 0.467 e. The first-order valence-electron chi connectivity index (χ1n) is 32.1. The smallest absolute Gasteiger partial charge is 0.328 e. The van der Waals surface area contributed by atoms with E-state index < -0.39 is 78.1 Å². The summed E-state index contributed by atoms with van der Waals surface area (Å²) >= 11 is 0. The highest BCUT2D eigenvalue weighted by Crippen LogP contribution is 2.32. The van der Waals surface area contributed by atoms with Gasteiger partial charge in [0.1, 0.15) is 12.6 Å². The minimum absolute atomic E-state index is 0.00616. The van der Waals surface area contributed by atoms with Gasteiger partial charge in [-0.3, -0.25) is 38.5 Å². The van der Waals surface area contributed by atoms with E-state index in [0.717, 1.165) is 27.8 Å². The van der Waals surface area contributed by atoms with Crippen LogP contribution in [0.5, 0.6) is 0 Å². The molecule has 5 N–H and O–H groups in total. The summed E-state index contributed by atoms with van der Waals surface area (Å²) in [6.45, 7) is 20.5. The molecule has 0 unspecified atom stereocenters. The van der Waals surface area contributed by atoms with Gasteiger partial charge in [0.25, 0.3) is 0 Å². The number of ketones is 2. The molecule has 0 spiro atoms. The Balaban J connectivity index is 1.38. The van der Waals surface area contributed by atoms with Crippen molar-refractivity contribution in [1.82, 2.24) is 30.7 Å². The number of nitrogens with one attached hydrogen (secondary N) is 3. The second-order valence-corrected chi connectivity index (χ2v) is 25.6. The molecule has 3 aromatic carbocycles. The molecule has 90 heavy (non-hydrogen) atoms. The first-order valence-corrected chi connectivity index (χ1v) is 32.1. The Morgan fingerprint density at radius 2 is 1.30 bits per heavy atom. The highest BCUT2D eigenvalue weighted by molar-refractivity contribution is 5.92. The molecule has 1 fully saturated rings. The number of nitrogens with two attached hydrogens (primary N) is 1. The lowest BCUT2D eigenvalue weighted by Gasteiger charge is -2.41. The van der Waals surface area contributed by atoms with E-state index in [1.807, 2.05) is 129 Å². The average molecular weight is 1250 g/mol. The third-order valence-corrected chi connectivity index (χ3v) is 18.0. The van der Waals surface area contributed by atoms with Crippen LogP contribution in [0.2, 0.25) is 0 Å². The third-order valence-electron chi connectivity index (χ3n) is 18.0. The Morgan fingerprint density at radius 3 is 1.89 bits per heavy atom. The lowest BCUT2D eigenvalue weighted by Crippen LogP contribution is -2.55. The van der Waals surface area contributed by atoms with Crippen LogP contribution in [0.15, 0.2) is 78.9 Å². The van der Waals surface area contributed by atoms with Crippen molar-refractivity contribution in [2.45, 2.75) is 189 Å². The number of Topliss-reactive ketones (excluding diaryl/α,β-unsaturated/α-hetero) is 2. The molecule has 1 aliphatic rings. The molecular formula is C70H105N7O13. The van der Waals surface area contributed by atoms with Crippen LogP contribution in [-0.2, 0) is 89.7 Å². The molecule has 4 rings (SSSR count). The Hall–Kier alpha value is -7.03. The van der Waals surface area contributed by atoms with E-state index in [9.17, 15) is 43.2 Å². The monoisotopic (exact) mass is 1250 g/mol. The van der Waals surface area contributed by atoms with E-state index in [4.69, 9.17) is 24.7 Å². The number of carbonyl (C=O) groups is 9. The summed E-state index contributed by atoms with van der Waals surface area (Å²) < 4.78 is 22.9. The zero-order valence-corrected chi connectivity index (χ0v) is 56.2. The van der Waals surface area contributed by atoms with Crippen LogP contribution in [0.25, 0.3) is 0 Å². The lowest BCUT2D eigenvalue weighted by molar-refractivity contribution is -0.150. The molecule has 0 aromatic heterocycles. The zero-order chi connectivity index (χ0) is 66.9. The number of rotatable bonds is 38. The van der Waals surface area contributed by atoms with Gasteiger partial charge in [-0.15, -0.1) is 0 Å². The third kappa shape index (κ3) is 22.7. The van der Waals surface area contributed by atoms with Gasteiger partial charge in [-0.05, 0) is 84.2 Å². The van der Waals surface area contributed by atoms with E-state index in [2.05, 4.69) is 16.0 Å². The zero-order valence-electron chi connectivity index (χ0n) is 56.2. The van der Waals surface area contributed by atoms with Crippen molar-refractivity contribution >= 4 is 53.2 Å². The van der Waals surface area contributed by atoms with Crippen LogP contribution in [0.3, 0.4) is 0 Å². The highest BCUT2D eigenvalue weighted by atomic mass is 16.5. The molecule has 1 aliphatic heterocycles. The van der Waals surface area contributed by atoms with Crippen molar-refractivity contribution in [3.63, 3.8) is 0 Å². The van der Waals surface area contributed by atoms with Crippen LogP contribution in [-0.4, -0.2) is 159 Å². The maximum atomic E-state index is 14.9. The fourth-order valence-corrected chi connectivity index (χ4v) is 12.2. The van der Waals surface area contributed by atoms with Crippen LogP contribution >= 0.6 is 0 Å². The van der Waals surface area contributed by atoms with E-state index in [0.29, 0.717) is 45.2 Å². The first kappa shape index (κ1) is 75.4. The normalized spacial score (nSPS) is 16.7. The Kier molecular flexibility index (Phi) is 31.3. The lowest BCUT2D eigenvalue weighted by atomic mass is 9.83. The van der Waals surface area contributed by atoms with E-state index in [-0.39, 0.29) is 104 Å². The van der Waals surface area contributed by atoms with Gasteiger partial charge in [0.2, 0.25) is 23.6 Å². The van der Waals surface area contributed by atoms with Gasteiger partial charge in [-0.25, -0.2) is 9.59 Å². The molecule has 498 valence electrons. The number of primary amides is 1. The first-order chi connectivity index (χ1) is 42.6. The SMILES string of the molecule is CC[C@H](C)[C@@H]([C@@H](CC(=O)N1CCC[C@H]1[C@H](OC)[C@@H](C)C(=O)N[C@@H](Cc1ccccc1)C(=O)OC)OC)N(C)C(=O)[C@@H](CC(=O)[C@H](C(C)C)N(C)Cc1cccc(CC(=O)OCc2ccc(CC(=O)[C@H](CCCNC(N)=O)NC(=O)[C@@H](C)C(C)C)cc2)c1)C(C)C. The van der Waals surface area contributed by atoms with Crippen molar-refractivity contribution in [1.29, 1.82) is 0 Å². The predicted octanol–water partition coefficient (Wildman–Crippen LogP) is 7.82. The molecule has 0 aliphatic carbocycles. The quantitative estimate of drug-likeness (QED) is 0.0315. The number of esters is 2. The number of carbonyl (C=O) groups excluding carboxylic acids is 9. The number of likely N-dealkylation sites (N-methyl/N-ethyl adjacent to an activating group) is 2. The number of hydrogen-bond acceptors (Lipinski definition) is 14. The van der Waals surface area contributed by atoms with Gasteiger partial charge in [-0.2, -0.15) is 0 Å². The summed E-state index contributed by atoms with van der Waals surface area (Å²) in [7, 11) is 7.97. The summed E-state index contributed by atoms with van der Waals surface area (Å²) in [5.41, 5.74) is 9.14. The van der Waals surface area contributed by atoms with Gasteiger partial charge in [0, 0.05) is 72.0 Å². The minimum atomic E-state index is -0.929. The van der Waals surface area contributed by atoms with Gasteiger partial charge < -0.3 is 50.4 Å². The summed E-state index contributed by atoms with van der Waals surface area (Å²) in [6, 6.07) is 20.3. The number of methoxy groups -OCH3 is 3. The number of urea groups is 1. The maximum Gasteiger partial charge on any atom is 0.328 e. The topological polar surface area (TPSA) is 262 Å². The molecule has 1 saturated heterocycles. The average Bonchev–Trinajstić information content (AvgIpc) is 1.78. The van der Waals surface area contributed by atoms with Crippen LogP contribution in [0, 0.1) is 41.4 Å². The number of amides is 6. The predicted molar refractivity (Wildman–Crippen MR) is 346 cm³/mol. The molecule has 1 heterocycles. The van der Waals surface area contributed by atoms with Crippen molar-refractivity contribution in [2.24, 2.45) is 47.2 Å². The maximum absolute atomic E-state index is 14.9. The molecule has 0 saturated carbocycles. The minimum Gasteiger partial charge on any atom is -0.467 e. The molecule has 20 heteroatoms.